The Balaban J connectivity index is 2.26. The van der Waals surface area contributed by atoms with E-state index < -0.39 is 10.0 Å². The first-order chi connectivity index (χ1) is 11.8. The summed E-state index contributed by atoms with van der Waals surface area (Å²) >= 11 is 8.94. The minimum absolute atomic E-state index is 0.00350. The van der Waals surface area contributed by atoms with Crippen molar-refractivity contribution in [2.24, 2.45) is 0 Å². The van der Waals surface area contributed by atoms with Gasteiger partial charge in [-0.3, -0.25) is 0 Å². The number of hydrogen-bond acceptors (Lipinski definition) is 6. The molecule has 0 fully saturated rings. The van der Waals surface area contributed by atoms with E-state index in [9.17, 15) is 8.42 Å². The van der Waals surface area contributed by atoms with E-state index in [0.717, 1.165) is 0 Å². The number of hydrogen-bond donors (Lipinski definition) is 1. The predicted molar refractivity (Wildman–Crippen MR) is 97.1 cm³/mol. The molecule has 0 amide bonds. The van der Waals surface area contributed by atoms with Crippen molar-refractivity contribution in [3.63, 3.8) is 0 Å². The summed E-state index contributed by atoms with van der Waals surface area (Å²) in [5.74, 6) is 1.31. The maximum atomic E-state index is 12.4. The average Bonchev–Trinajstić information content (AvgIpc) is 2.61. The molecule has 1 heterocycles. The fourth-order valence-corrected chi connectivity index (χ4v) is 3.64. The van der Waals surface area contributed by atoms with Gasteiger partial charge in [0.15, 0.2) is 11.5 Å². The number of benzene rings is 1. The first-order valence-electron chi connectivity index (χ1n) is 6.92. The molecule has 0 saturated carbocycles. The van der Waals surface area contributed by atoms with Crippen molar-refractivity contribution in [3.8, 4) is 17.2 Å². The third-order valence-corrected chi connectivity index (χ3v) is 5.77. The molecule has 0 radical (unpaired) electrons. The van der Waals surface area contributed by atoms with Gasteiger partial charge in [0.1, 0.15) is 10.0 Å². The summed E-state index contributed by atoms with van der Waals surface area (Å²) < 4.78 is 43.4. The molecule has 2 rings (SSSR count). The minimum atomic E-state index is -3.77. The molecule has 0 aliphatic carbocycles. The van der Waals surface area contributed by atoms with Crippen LogP contribution in [0.25, 0.3) is 0 Å². The molecule has 0 spiro atoms. The molecule has 10 heteroatoms. The Bertz CT molecular complexity index is 851. The van der Waals surface area contributed by atoms with Gasteiger partial charge < -0.3 is 14.2 Å². The van der Waals surface area contributed by atoms with Crippen LogP contribution in [0.3, 0.4) is 0 Å². The van der Waals surface area contributed by atoms with Crippen molar-refractivity contribution >= 4 is 37.6 Å². The highest BCUT2D eigenvalue weighted by molar-refractivity contribution is 9.10. The molecule has 1 N–H and O–H groups in total. The topological polar surface area (TPSA) is 86.8 Å². The van der Waals surface area contributed by atoms with Crippen LogP contribution in [-0.2, 0) is 16.6 Å². The van der Waals surface area contributed by atoms with Crippen molar-refractivity contribution < 1.29 is 22.6 Å². The lowest BCUT2D eigenvalue weighted by Crippen LogP contribution is -2.23. The molecular weight excluding hydrogens is 436 g/mol. The van der Waals surface area contributed by atoms with Gasteiger partial charge in [-0.2, -0.15) is 0 Å². The number of pyridine rings is 1. The van der Waals surface area contributed by atoms with Gasteiger partial charge in [0, 0.05) is 12.7 Å². The number of rotatable bonds is 7. The average molecular weight is 452 g/mol. The monoisotopic (exact) mass is 450 g/mol. The van der Waals surface area contributed by atoms with Crippen molar-refractivity contribution in [2.45, 2.75) is 11.4 Å². The summed E-state index contributed by atoms with van der Waals surface area (Å²) in [6.07, 6.45) is 1.19. The largest absolute Gasteiger partial charge is 0.493 e. The highest BCUT2D eigenvalue weighted by Crippen LogP contribution is 2.38. The number of halogens is 2. The summed E-state index contributed by atoms with van der Waals surface area (Å²) in [7, 11) is 0.704. The van der Waals surface area contributed by atoms with Crippen molar-refractivity contribution in [1.29, 1.82) is 0 Å². The molecule has 0 atom stereocenters. The highest BCUT2D eigenvalue weighted by atomic mass is 79.9. The number of nitrogens with one attached hydrogen (secondary N) is 1. The number of ether oxygens (including phenoxy) is 3. The van der Waals surface area contributed by atoms with Gasteiger partial charge in [-0.25, -0.2) is 18.1 Å². The zero-order valence-electron chi connectivity index (χ0n) is 13.7. The molecule has 0 aliphatic heterocycles. The van der Waals surface area contributed by atoms with E-state index in [1.807, 2.05) is 0 Å². The Morgan fingerprint density at radius 1 is 1.12 bits per heavy atom. The third kappa shape index (κ3) is 4.55. The van der Waals surface area contributed by atoms with Crippen molar-refractivity contribution in [2.75, 3.05) is 21.3 Å². The molecule has 0 saturated heterocycles. The summed E-state index contributed by atoms with van der Waals surface area (Å²) in [4.78, 5) is 3.82. The second-order valence-electron chi connectivity index (χ2n) is 4.80. The lowest BCUT2D eigenvalue weighted by Gasteiger charge is -2.14. The van der Waals surface area contributed by atoms with Crippen LogP contribution < -0.4 is 18.9 Å². The summed E-state index contributed by atoms with van der Waals surface area (Å²) in [6, 6.07) is 4.71. The maximum Gasteiger partial charge on any atom is 0.242 e. The lowest BCUT2D eigenvalue weighted by atomic mass is 10.2. The number of aromatic nitrogens is 1. The van der Waals surface area contributed by atoms with Crippen LogP contribution >= 0.6 is 27.5 Å². The smallest absolute Gasteiger partial charge is 0.242 e. The molecule has 1 aromatic carbocycles. The molecule has 0 unspecified atom stereocenters. The molecule has 0 aliphatic rings. The number of nitrogens with zero attached hydrogens (tertiary/aromatic N) is 1. The Morgan fingerprint density at radius 2 is 1.72 bits per heavy atom. The Kier molecular flexibility index (Phi) is 6.50. The standard InChI is InChI=1S/C15H16BrClN2O5S/c1-22-12-4-9(5-13(23-2)14(12)24-3)7-19-25(20,21)10-6-11(16)15(17)18-8-10/h4-6,8,19H,7H2,1-3H3. The molecule has 1 aromatic heterocycles. The van der Waals surface area contributed by atoms with Crippen LogP contribution in [0.1, 0.15) is 5.56 Å². The van der Waals surface area contributed by atoms with E-state index in [4.69, 9.17) is 25.8 Å². The van der Waals surface area contributed by atoms with Crippen molar-refractivity contribution in [3.05, 3.63) is 39.6 Å². The van der Waals surface area contributed by atoms with Gasteiger partial charge in [0.2, 0.25) is 15.8 Å². The molecule has 0 bridgehead atoms. The van der Waals surface area contributed by atoms with E-state index in [1.165, 1.54) is 33.6 Å². The number of sulfonamides is 1. The Morgan fingerprint density at radius 3 is 2.20 bits per heavy atom. The second-order valence-corrected chi connectivity index (χ2v) is 7.78. The van der Waals surface area contributed by atoms with Crippen LogP contribution in [0.4, 0.5) is 0 Å². The summed E-state index contributed by atoms with van der Waals surface area (Å²) in [5.41, 5.74) is 0.638. The summed E-state index contributed by atoms with van der Waals surface area (Å²) in [5, 5.41) is 0.184. The quantitative estimate of drug-likeness (QED) is 0.651. The zero-order chi connectivity index (χ0) is 18.6. The lowest BCUT2D eigenvalue weighted by molar-refractivity contribution is 0.323. The van der Waals surface area contributed by atoms with Gasteiger partial charge in [-0.05, 0) is 39.7 Å². The second kappa shape index (κ2) is 8.22. The van der Waals surface area contributed by atoms with Crippen molar-refractivity contribution in [1.82, 2.24) is 9.71 Å². The normalized spacial score (nSPS) is 11.2. The molecule has 25 heavy (non-hydrogen) atoms. The van der Waals surface area contributed by atoms with E-state index in [1.54, 1.807) is 12.1 Å². The SMILES string of the molecule is COc1cc(CNS(=O)(=O)c2cnc(Cl)c(Br)c2)cc(OC)c1OC. The van der Waals surface area contributed by atoms with E-state index in [-0.39, 0.29) is 16.6 Å². The van der Waals surface area contributed by atoms with Gasteiger partial charge >= 0.3 is 0 Å². The van der Waals surface area contributed by atoms with Crippen LogP contribution in [0.5, 0.6) is 17.2 Å². The third-order valence-electron chi connectivity index (χ3n) is 3.27. The fourth-order valence-electron chi connectivity index (χ4n) is 2.05. The van der Waals surface area contributed by atoms with Gasteiger partial charge in [0.25, 0.3) is 0 Å². The minimum Gasteiger partial charge on any atom is -0.493 e. The molecule has 136 valence electrons. The van der Waals surface area contributed by atoms with Crippen LogP contribution in [0.15, 0.2) is 33.8 Å². The molecule has 7 nitrogen and oxygen atoms in total. The fraction of sp³-hybridized carbons (Fsp3) is 0.267. The first kappa shape index (κ1) is 19.8. The zero-order valence-corrected chi connectivity index (χ0v) is 16.8. The van der Waals surface area contributed by atoms with Gasteiger partial charge in [-0.1, -0.05) is 11.6 Å². The number of methoxy groups -OCH3 is 3. The molecular formula is C15H16BrClN2O5S. The Hall–Kier alpha value is -1.55. The van der Waals surface area contributed by atoms with Crippen LogP contribution in [0, 0.1) is 0 Å². The van der Waals surface area contributed by atoms with E-state index >= 15 is 0 Å². The van der Waals surface area contributed by atoms with Crippen LogP contribution in [0.2, 0.25) is 5.15 Å². The van der Waals surface area contributed by atoms with E-state index in [0.29, 0.717) is 27.3 Å². The summed E-state index contributed by atoms with van der Waals surface area (Å²) in [6.45, 7) is 0.0271. The van der Waals surface area contributed by atoms with Gasteiger partial charge in [0.05, 0.1) is 25.8 Å². The highest BCUT2D eigenvalue weighted by Gasteiger charge is 2.18. The Labute approximate surface area is 159 Å². The van der Waals surface area contributed by atoms with Gasteiger partial charge in [-0.15, -0.1) is 0 Å². The maximum absolute atomic E-state index is 12.4. The predicted octanol–water partition coefficient (Wildman–Crippen LogP) is 3.00. The van der Waals surface area contributed by atoms with E-state index in [2.05, 4.69) is 25.6 Å². The first-order valence-corrected chi connectivity index (χ1v) is 9.57. The van der Waals surface area contributed by atoms with Crippen LogP contribution in [-0.4, -0.2) is 34.7 Å². The molecule has 2 aromatic rings.